The first-order chi connectivity index (χ1) is 10.7. The quantitative estimate of drug-likeness (QED) is 0.785. The van der Waals surface area contributed by atoms with Gasteiger partial charge in [-0.15, -0.1) is 0 Å². The molecule has 2 saturated heterocycles. The van der Waals surface area contributed by atoms with Gasteiger partial charge in [0.1, 0.15) is 0 Å². The van der Waals surface area contributed by atoms with Crippen LogP contribution in [0.4, 0.5) is 0 Å². The van der Waals surface area contributed by atoms with Crippen LogP contribution in [0.25, 0.3) is 0 Å². The summed E-state index contributed by atoms with van der Waals surface area (Å²) in [6.45, 7) is 9.49. The summed E-state index contributed by atoms with van der Waals surface area (Å²) in [5.41, 5.74) is 5.96. The lowest BCUT2D eigenvalue weighted by Crippen LogP contribution is -2.65. The average Bonchev–Trinajstić information content (AvgIpc) is 3.08. The zero-order valence-corrected chi connectivity index (χ0v) is 14.7. The van der Waals surface area contributed by atoms with Gasteiger partial charge in [0.15, 0.2) is 0 Å². The molecule has 0 aromatic carbocycles. The van der Waals surface area contributed by atoms with Crippen molar-refractivity contribution in [2.75, 3.05) is 6.54 Å². The zero-order chi connectivity index (χ0) is 16.6. The topological polar surface area (TPSA) is 64.8 Å². The van der Waals surface area contributed by atoms with Crippen molar-refractivity contribution >= 4 is 13.0 Å². The smallest absolute Gasteiger partial charge is 0.404 e. The van der Waals surface area contributed by atoms with Crippen LogP contribution >= 0.6 is 0 Å². The predicted octanol–water partition coefficient (Wildman–Crippen LogP) is 1.59. The predicted molar refractivity (Wildman–Crippen MR) is 88.5 cm³/mol. The van der Waals surface area contributed by atoms with E-state index in [1.54, 1.807) is 6.92 Å². The van der Waals surface area contributed by atoms with E-state index in [1.807, 2.05) is 4.90 Å². The van der Waals surface area contributed by atoms with Gasteiger partial charge in [0.25, 0.3) is 0 Å². The van der Waals surface area contributed by atoms with E-state index in [4.69, 9.17) is 15.0 Å². The fourth-order valence-electron chi connectivity index (χ4n) is 5.67. The number of likely N-dealkylation sites (tertiary alicyclic amines) is 1. The van der Waals surface area contributed by atoms with Crippen molar-refractivity contribution < 1.29 is 14.1 Å². The first-order valence-electron chi connectivity index (χ1n) is 9.14. The Hall–Kier alpha value is -0.585. The Labute approximate surface area is 139 Å². The van der Waals surface area contributed by atoms with Crippen LogP contribution in [0.5, 0.6) is 0 Å². The highest BCUT2D eigenvalue weighted by molar-refractivity contribution is 6.48. The molecule has 2 bridgehead atoms. The van der Waals surface area contributed by atoms with Crippen molar-refractivity contribution in [3.05, 3.63) is 0 Å². The third-order valence-electron chi connectivity index (χ3n) is 7.25. The number of nitrogens with two attached hydrogens (primary N) is 1. The lowest BCUT2D eigenvalue weighted by atomic mass is 9.43. The second kappa shape index (κ2) is 4.96. The van der Waals surface area contributed by atoms with Crippen LogP contribution in [0.2, 0.25) is 0 Å². The van der Waals surface area contributed by atoms with E-state index < -0.39 is 6.04 Å². The lowest BCUT2D eigenvalue weighted by Gasteiger charge is -2.64. The molecular weight excluding hydrogens is 291 g/mol. The van der Waals surface area contributed by atoms with Crippen LogP contribution in [0, 0.1) is 17.3 Å². The molecule has 2 aliphatic heterocycles. The number of nitrogens with zero attached hydrogens (tertiary/aromatic N) is 1. The van der Waals surface area contributed by atoms with Gasteiger partial charge in [-0.05, 0) is 56.8 Å². The van der Waals surface area contributed by atoms with Gasteiger partial charge in [-0.2, -0.15) is 0 Å². The van der Waals surface area contributed by atoms with Crippen LogP contribution in [-0.4, -0.2) is 48.2 Å². The zero-order valence-electron chi connectivity index (χ0n) is 14.7. The third-order valence-corrected chi connectivity index (χ3v) is 7.25. The molecule has 3 saturated carbocycles. The molecule has 2 heterocycles. The van der Waals surface area contributed by atoms with Gasteiger partial charge < -0.3 is 19.9 Å². The molecule has 1 amide bonds. The van der Waals surface area contributed by atoms with Crippen molar-refractivity contribution in [2.45, 2.75) is 77.1 Å². The second-order valence-corrected chi connectivity index (χ2v) is 8.87. The average molecular weight is 320 g/mol. The number of hydrogen-bond donors (Lipinski definition) is 1. The van der Waals surface area contributed by atoms with E-state index in [9.17, 15) is 4.79 Å². The van der Waals surface area contributed by atoms with E-state index >= 15 is 0 Å². The highest BCUT2D eigenvalue weighted by Gasteiger charge is 2.69. The Balaban J connectivity index is 1.53. The maximum absolute atomic E-state index is 12.4. The molecule has 5 nitrogen and oxygen atoms in total. The molecule has 0 aromatic rings. The first kappa shape index (κ1) is 15.9. The number of carbonyl (C=O) groups excluding carboxylic acids is 1. The van der Waals surface area contributed by atoms with Gasteiger partial charge in [0.2, 0.25) is 5.91 Å². The fourth-order valence-corrected chi connectivity index (χ4v) is 5.67. The minimum Gasteiger partial charge on any atom is -0.404 e. The molecule has 0 spiro atoms. The SMILES string of the molecule is C[C@@H](N)C(=O)N1CCC[C@H]1B1O[C@@H]2C[C@@H]3C[C@@H](C3(C)C)[C@]2(C)O1. The maximum atomic E-state index is 12.4. The minimum absolute atomic E-state index is 0.0179. The monoisotopic (exact) mass is 320 g/mol. The molecule has 5 aliphatic rings. The van der Waals surface area contributed by atoms with Crippen molar-refractivity contribution in [1.29, 1.82) is 0 Å². The van der Waals surface area contributed by atoms with Crippen LogP contribution in [0.1, 0.15) is 53.4 Å². The van der Waals surface area contributed by atoms with Crippen molar-refractivity contribution in [2.24, 2.45) is 23.0 Å². The van der Waals surface area contributed by atoms with Crippen molar-refractivity contribution in [3.8, 4) is 0 Å². The summed E-state index contributed by atoms with van der Waals surface area (Å²) in [7, 11) is -0.287. The molecule has 2 N–H and O–H groups in total. The summed E-state index contributed by atoms with van der Waals surface area (Å²) >= 11 is 0. The number of rotatable bonds is 2. The standard InChI is InChI=1S/C17H29BN2O3/c1-10(19)15(21)20-7-5-6-14(20)18-22-13-9-11-8-12(16(11,2)3)17(13,4)23-18/h10-14H,5-9,19H2,1-4H3/t10-,11+,12+,13-,14+,17+/m1/s1. The molecule has 5 fully saturated rings. The Kier molecular flexibility index (Phi) is 3.43. The molecule has 6 heteroatoms. The summed E-state index contributed by atoms with van der Waals surface area (Å²) in [5.74, 6) is 1.35. The van der Waals surface area contributed by atoms with E-state index in [2.05, 4.69) is 20.8 Å². The molecule has 0 unspecified atom stereocenters. The van der Waals surface area contributed by atoms with E-state index in [0.29, 0.717) is 11.3 Å². The van der Waals surface area contributed by atoms with Crippen LogP contribution < -0.4 is 5.73 Å². The molecule has 0 aromatic heterocycles. The lowest BCUT2D eigenvalue weighted by molar-refractivity contribution is -0.199. The first-order valence-corrected chi connectivity index (χ1v) is 9.14. The summed E-state index contributed by atoms with van der Waals surface area (Å²) in [6.07, 6.45) is 4.47. The third kappa shape index (κ3) is 2.07. The Bertz CT molecular complexity index is 526. The molecule has 128 valence electrons. The van der Waals surface area contributed by atoms with Crippen LogP contribution in [0.15, 0.2) is 0 Å². The maximum Gasteiger partial charge on any atom is 0.481 e. The van der Waals surface area contributed by atoms with Gasteiger partial charge in [-0.3, -0.25) is 4.79 Å². The van der Waals surface area contributed by atoms with Gasteiger partial charge in [0, 0.05) is 6.54 Å². The highest BCUT2D eigenvalue weighted by Crippen LogP contribution is 2.65. The number of hydrogen-bond acceptors (Lipinski definition) is 4. The fraction of sp³-hybridized carbons (Fsp3) is 0.941. The van der Waals surface area contributed by atoms with Crippen LogP contribution in [-0.2, 0) is 14.1 Å². The van der Waals surface area contributed by atoms with E-state index in [1.165, 1.54) is 6.42 Å². The molecule has 3 aliphatic carbocycles. The normalized spacial score (nSPS) is 45.6. The van der Waals surface area contributed by atoms with Gasteiger partial charge in [-0.1, -0.05) is 13.8 Å². The molecule has 6 atom stereocenters. The number of amides is 1. The Morgan fingerprint density at radius 1 is 1.35 bits per heavy atom. The van der Waals surface area contributed by atoms with Crippen LogP contribution in [0.3, 0.4) is 0 Å². The second-order valence-electron chi connectivity index (χ2n) is 8.87. The number of carbonyl (C=O) groups is 1. The highest BCUT2D eigenvalue weighted by atomic mass is 16.7. The largest absolute Gasteiger partial charge is 0.481 e. The minimum atomic E-state index is -0.457. The van der Waals surface area contributed by atoms with E-state index in [0.717, 1.165) is 31.7 Å². The summed E-state index contributed by atoms with van der Waals surface area (Å²) < 4.78 is 12.9. The molecule has 23 heavy (non-hydrogen) atoms. The Morgan fingerprint density at radius 2 is 2.09 bits per heavy atom. The van der Waals surface area contributed by atoms with Gasteiger partial charge >= 0.3 is 7.12 Å². The molecular formula is C17H29BN2O3. The van der Waals surface area contributed by atoms with Gasteiger partial charge in [0.05, 0.1) is 23.7 Å². The summed E-state index contributed by atoms with van der Waals surface area (Å²) in [5, 5.41) is 0. The summed E-state index contributed by atoms with van der Waals surface area (Å²) in [4.78, 5) is 14.3. The Morgan fingerprint density at radius 3 is 2.74 bits per heavy atom. The van der Waals surface area contributed by atoms with Crippen molar-refractivity contribution in [3.63, 3.8) is 0 Å². The summed E-state index contributed by atoms with van der Waals surface area (Å²) in [6, 6.07) is -0.457. The van der Waals surface area contributed by atoms with Gasteiger partial charge in [-0.25, -0.2) is 0 Å². The van der Waals surface area contributed by atoms with Crippen molar-refractivity contribution in [1.82, 2.24) is 4.90 Å². The molecule has 5 rings (SSSR count). The molecule has 0 radical (unpaired) electrons. The van der Waals surface area contributed by atoms with E-state index in [-0.39, 0.29) is 30.7 Å².